The molecule has 0 atom stereocenters. The zero-order chi connectivity index (χ0) is 16.8. The fourth-order valence-corrected chi connectivity index (χ4v) is 3.14. The third kappa shape index (κ3) is 5.16. The maximum atomic E-state index is 12.2. The highest BCUT2D eigenvalue weighted by atomic mass is 127. The molecule has 0 unspecified atom stereocenters. The monoisotopic (exact) mass is 459 g/mol. The molecule has 1 aromatic heterocycles. The van der Waals surface area contributed by atoms with Crippen molar-refractivity contribution in [3.8, 4) is 0 Å². The van der Waals surface area contributed by atoms with Crippen molar-refractivity contribution in [2.45, 2.75) is 12.8 Å². The number of aromatic nitrogens is 2. The van der Waals surface area contributed by atoms with Crippen LogP contribution in [0.1, 0.15) is 12.8 Å². The first-order chi connectivity index (χ1) is 11.8. The normalized spacial score (nSPS) is 18.1. The van der Waals surface area contributed by atoms with Crippen LogP contribution in [0.25, 0.3) is 0 Å². The summed E-state index contributed by atoms with van der Waals surface area (Å²) >= 11 is 0. The first-order valence-electron chi connectivity index (χ1n) is 8.53. The largest absolute Gasteiger partial charge is 0.347 e. The summed E-state index contributed by atoms with van der Waals surface area (Å²) in [4.78, 5) is 31.3. The van der Waals surface area contributed by atoms with Crippen molar-refractivity contribution in [2.24, 2.45) is 4.99 Å². The van der Waals surface area contributed by atoms with Gasteiger partial charge in [0.2, 0.25) is 11.9 Å². The van der Waals surface area contributed by atoms with Crippen LogP contribution in [-0.2, 0) is 4.79 Å². The van der Waals surface area contributed by atoms with Gasteiger partial charge in [0.05, 0.1) is 6.54 Å². The number of anilines is 1. The van der Waals surface area contributed by atoms with E-state index in [2.05, 4.69) is 30.1 Å². The van der Waals surface area contributed by atoms with Gasteiger partial charge in [0.15, 0.2) is 5.96 Å². The molecule has 8 nitrogen and oxygen atoms in total. The van der Waals surface area contributed by atoms with Gasteiger partial charge in [-0.3, -0.25) is 9.79 Å². The summed E-state index contributed by atoms with van der Waals surface area (Å²) in [5.74, 6) is 1.71. The van der Waals surface area contributed by atoms with Crippen LogP contribution < -0.4 is 10.2 Å². The minimum absolute atomic E-state index is 0. The number of halogens is 1. The highest BCUT2D eigenvalue weighted by Crippen LogP contribution is 2.10. The van der Waals surface area contributed by atoms with E-state index in [4.69, 9.17) is 0 Å². The molecule has 0 spiro atoms. The molecule has 138 valence electrons. The number of hydrogen-bond acceptors (Lipinski definition) is 5. The van der Waals surface area contributed by atoms with Crippen LogP contribution in [-0.4, -0.2) is 84.5 Å². The molecule has 9 heteroatoms. The molecule has 25 heavy (non-hydrogen) atoms. The molecule has 0 saturated carbocycles. The number of aliphatic imine (C=N–C) groups is 1. The summed E-state index contributed by atoms with van der Waals surface area (Å²) in [6.45, 7) is 5.42. The van der Waals surface area contributed by atoms with Crippen LogP contribution in [0.3, 0.4) is 0 Å². The van der Waals surface area contributed by atoms with Gasteiger partial charge in [-0.15, -0.1) is 24.0 Å². The first kappa shape index (κ1) is 19.7. The molecular formula is C16H26IN7O. The highest BCUT2D eigenvalue weighted by molar-refractivity contribution is 14.0. The second-order valence-corrected chi connectivity index (χ2v) is 6.01. The van der Waals surface area contributed by atoms with Crippen LogP contribution in [0.5, 0.6) is 0 Å². The number of rotatable bonds is 3. The minimum atomic E-state index is 0. The van der Waals surface area contributed by atoms with Gasteiger partial charge in [-0.2, -0.15) is 0 Å². The quantitative estimate of drug-likeness (QED) is 0.401. The SMILES string of the molecule is CN=C(NCC(=O)N1CCCC1)N1CCN(c2ncccn2)CC1.I. The lowest BCUT2D eigenvalue weighted by Crippen LogP contribution is -2.54. The number of nitrogens with one attached hydrogen (secondary N) is 1. The Hall–Kier alpha value is -1.65. The Bertz CT molecular complexity index is 569. The Morgan fingerprint density at radius 1 is 1.08 bits per heavy atom. The molecule has 2 saturated heterocycles. The van der Waals surface area contributed by atoms with E-state index in [0.717, 1.165) is 64.0 Å². The smallest absolute Gasteiger partial charge is 0.241 e. The summed E-state index contributed by atoms with van der Waals surface area (Å²) < 4.78 is 0. The molecule has 3 rings (SSSR count). The summed E-state index contributed by atoms with van der Waals surface area (Å²) in [5.41, 5.74) is 0. The predicted octanol–water partition coefficient (Wildman–Crippen LogP) is 0.414. The van der Waals surface area contributed by atoms with E-state index in [1.54, 1.807) is 19.4 Å². The number of likely N-dealkylation sites (tertiary alicyclic amines) is 1. The van der Waals surface area contributed by atoms with E-state index < -0.39 is 0 Å². The van der Waals surface area contributed by atoms with Gasteiger partial charge in [0.1, 0.15) is 0 Å². The molecule has 0 aliphatic carbocycles. The molecule has 0 bridgehead atoms. The van der Waals surface area contributed by atoms with Crippen molar-refractivity contribution in [3.05, 3.63) is 18.5 Å². The number of hydrogen-bond donors (Lipinski definition) is 1. The topological polar surface area (TPSA) is 77.0 Å². The summed E-state index contributed by atoms with van der Waals surface area (Å²) in [5, 5.41) is 3.21. The van der Waals surface area contributed by atoms with Crippen molar-refractivity contribution >= 4 is 41.8 Å². The Kier molecular flexibility index (Phi) is 7.66. The lowest BCUT2D eigenvalue weighted by atomic mass is 10.3. The van der Waals surface area contributed by atoms with Crippen molar-refractivity contribution in [2.75, 3.05) is 57.8 Å². The van der Waals surface area contributed by atoms with Crippen molar-refractivity contribution in [1.82, 2.24) is 25.1 Å². The van der Waals surface area contributed by atoms with Gasteiger partial charge in [0, 0.05) is 58.7 Å². The fraction of sp³-hybridized carbons (Fsp3) is 0.625. The van der Waals surface area contributed by atoms with Crippen molar-refractivity contribution in [3.63, 3.8) is 0 Å². The Balaban J connectivity index is 0.00000225. The minimum Gasteiger partial charge on any atom is -0.347 e. The maximum Gasteiger partial charge on any atom is 0.241 e. The molecule has 1 amide bonds. The van der Waals surface area contributed by atoms with Crippen LogP contribution >= 0.6 is 24.0 Å². The summed E-state index contributed by atoms with van der Waals surface area (Å²) in [6.07, 6.45) is 5.76. The number of amides is 1. The number of carbonyl (C=O) groups is 1. The van der Waals surface area contributed by atoms with Gasteiger partial charge < -0.3 is 20.0 Å². The second-order valence-electron chi connectivity index (χ2n) is 6.01. The molecular weight excluding hydrogens is 433 g/mol. The van der Waals surface area contributed by atoms with Gasteiger partial charge in [-0.25, -0.2) is 9.97 Å². The van der Waals surface area contributed by atoms with Gasteiger partial charge in [-0.1, -0.05) is 0 Å². The molecule has 1 aromatic rings. The van der Waals surface area contributed by atoms with E-state index in [9.17, 15) is 4.79 Å². The number of carbonyl (C=O) groups excluding carboxylic acids is 1. The number of piperazine rings is 1. The third-order valence-corrected chi connectivity index (χ3v) is 4.48. The fourth-order valence-electron chi connectivity index (χ4n) is 3.14. The van der Waals surface area contributed by atoms with Crippen molar-refractivity contribution < 1.29 is 4.79 Å². The molecule has 2 aliphatic heterocycles. The van der Waals surface area contributed by atoms with Gasteiger partial charge in [0.25, 0.3) is 0 Å². The molecule has 2 fully saturated rings. The van der Waals surface area contributed by atoms with E-state index in [1.807, 2.05) is 11.0 Å². The van der Waals surface area contributed by atoms with Gasteiger partial charge >= 0.3 is 0 Å². The average Bonchev–Trinajstić information content (AvgIpc) is 3.18. The van der Waals surface area contributed by atoms with Crippen LogP contribution in [0.4, 0.5) is 5.95 Å². The third-order valence-electron chi connectivity index (χ3n) is 4.48. The molecule has 1 N–H and O–H groups in total. The van der Waals surface area contributed by atoms with Crippen LogP contribution in [0.15, 0.2) is 23.5 Å². The Labute approximate surface area is 165 Å². The van der Waals surface area contributed by atoms with E-state index in [1.165, 1.54) is 0 Å². The standard InChI is InChI=1S/C16H25N7O.HI/c1-17-15(20-13-14(24)21-7-2-3-8-21)22-9-11-23(12-10-22)16-18-5-4-6-19-16;/h4-6H,2-3,7-13H2,1H3,(H,17,20);1H. The average molecular weight is 459 g/mol. The van der Waals surface area contributed by atoms with Crippen LogP contribution in [0, 0.1) is 0 Å². The first-order valence-corrected chi connectivity index (χ1v) is 8.53. The van der Waals surface area contributed by atoms with E-state index in [-0.39, 0.29) is 29.9 Å². The summed E-state index contributed by atoms with van der Waals surface area (Å²) in [7, 11) is 1.76. The predicted molar refractivity (Wildman–Crippen MR) is 108 cm³/mol. The lowest BCUT2D eigenvalue weighted by molar-refractivity contribution is -0.128. The molecule has 3 heterocycles. The molecule has 2 aliphatic rings. The van der Waals surface area contributed by atoms with Gasteiger partial charge in [-0.05, 0) is 18.9 Å². The number of nitrogens with zero attached hydrogens (tertiary/aromatic N) is 6. The molecule has 0 radical (unpaired) electrons. The second kappa shape index (κ2) is 9.73. The summed E-state index contributed by atoms with van der Waals surface area (Å²) in [6, 6.07) is 1.82. The Morgan fingerprint density at radius 2 is 1.72 bits per heavy atom. The Morgan fingerprint density at radius 3 is 2.32 bits per heavy atom. The lowest BCUT2D eigenvalue weighted by Gasteiger charge is -2.36. The van der Waals surface area contributed by atoms with Crippen LogP contribution in [0.2, 0.25) is 0 Å². The number of guanidine groups is 1. The zero-order valence-electron chi connectivity index (χ0n) is 14.6. The maximum absolute atomic E-state index is 12.2. The highest BCUT2D eigenvalue weighted by Gasteiger charge is 2.22. The van der Waals surface area contributed by atoms with Crippen molar-refractivity contribution in [1.29, 1.82) is 0 Å². The van der Waals surface area contributed by atoms with E-state index >= 15 is 0 Å². The van der Waals surface area contributed by atoms with E-state index in [0.29, 0.717) is 6.54 Å². The molecule has 0 aromatic carbocycles. The zero-order valence-corrected chi connectivity index (χ0v) is 16.9.